The fraction of sp³-hybridized carbons (Fsp3) is 0.500. The van der Waals surface area contributed by atoms with Crippen molar-refractivity contribution in [3.63, 3.8) is 0 Å². The molecule has 0 aliphatic rings. The third-order valence-electron chi connectivity index (χ3n) is 3.02. The Morgan fingerprint density at radius 2 is 1.91 bits per heavy atom. The first-order valence-electron chi connectivity index (χ1n) is 7.24. The van der Waals surface area contributed by atoms with Gasteiger partial charge in [-0.2, -0.15) is 0 Å². The molecule has 7 nitrogen and oxygen atoms in total. The third kappa shape index (κ3) is 5.88. The van der Waals surface area contributed by atoms with Crippen LogP contribution in [-0.2, 0) is 4.74 Å². The van der Waals surface area contributed by atoms with Gasteiger partial charge in [-0.3, -0.25) is 4.79 Å². The molecule has 1 rings (SSSR count). The maximum absolute atomic E-state index is 11.5. The number of ketones is 1. The minimum atomic E-state index is -1.27. The SMILES string of the molecule is CC(=O)c1cc(C(O)C(O)CNC(=O)OC(C)(C)C)ccc1N. The molecule has 0 spiro atoms. The molecule has 7 heteroatoms. The summed E-state index contributed by atoms with van der Waals surface area (Å²) in [4.78, 5) is 23.0. The number of alkyl carbamates (subject to hydrolysis) is 1. The number of anilines is 1. The van der Waals surface area contributed by atoms with Crippen molar-refractivity contribution in [2.45, 2.75) is 45.5 Å². The Hall–Kier alpha value is -2.12. The number of Topliss-reactive ketones (excluding diaryl/α,β-unsaturated/α-hetero) is 1. The largest absolute Gasteiger partial charge is 0.444 e. The minimum Gasteiger partial charge on any atom is -0.444 e. The second-order valence-corrected chi connectivity index (χ2v) is 6.30. The van der Waals surface area contributed by atoms with Crippen molar-refractivity contribution in [1.29, 1.82) is 0 Å². The number of hydrogen-bond donors (Lipinski definition) is 4. The van der Waals surface area contributed by atoms with E-state index in [1.165, 1.54) is 25.1 Å². The number of aliphatic hydroxyl groups is 2. The smallest absolute Gasteiger partial charge is 0.407 e. The zero-order valence-electron chi connectivity index (χ0n) is 13.8. The molecule has 0 aliphatic heterocycles. The number of amides is 1. The summed E-state index contributed by atoms with van der Waals surface area (Å²) < 4.78 is 5.04. The Morgan fingerprint density at radius 3 is 2.43 bits per heavy atom. The van der Waals surface area contributed by atoms with Crippen molar-refractivity contribution in [1.82, 2.24) is 5.32 Å². The Kier molecular flexibility index (Phi) is 6.12. The Labute approximate surface area is 135 Å². The summed E-state index contributed by atoms with van der Waals surface area (Å²) in [6.07, 6.45) is -3.22. The van der Waals surface area contributed by atoms with Crippen LogP contribution in [0, 0.1) is 0 Å². The van der Waals surface area contributed by atoms with Crippen molar-refractivity contribution < 1.29 is 24.5 Å². The van der Waals surface area contributed by atoms with Crippen LogP contribution in [0.3, 0.4) is 0 Å². The molecule has 1 aromatic carbocycles. The number of carbonyl (C=O) groups excluding carboxylic acids is 2. The molecule has 0 aromatic heterocycles. The monoisotopic (exact) mass is 324 g/mol. The van der Waals surface area contributed by atoms with Crippen LogP contribution >= 0.6 is 0 Å². The first-order chi connectivity index (χ1) is 10.5. The van der Waals surface area contributed by atoms with Gasteiger partial charge in [0.05, 0.1) is 0 Å². The van der Waals surface area contributed by atoms with E-state index in [1.807, 2.05) is 0 Å². The molecule has 1 aromatic rings. The number of carbonyl (C=O) groups is 2. The van der Waals surface area contributed by atoms with Gasteiger partial charge < -0.3 is 26.0 Å². The first-order valence-corrected chi connectivity index (χ1v) is 7.24. The Balaban J connectivity index is 2.70. The van der Waals surface area contributed by atoms with Gasteiger partial charge in [-0.1, -0.05) is 6.07 Å². The maximum Gasteiger partial charge on any atom is 0.407 e. The van der Waals surface area contributed by atoms with Gasteiger partial charge in [0, 0.05) is 17.8 Å². The standard InChI is InChI=1S/C16H24N2O5/c1-9(19)11-7-10(5-6-12(11)17)14(21)13(20)8-18-15(22)23-16(2,3)4/h5-7,13-14,20-21H,8,17H2,1-4H3,(H,18,22). The molecule has 0 saturated heterocycles. The fourth-order valence-corrected chi connectivity index (χ4v) is 1.90. The lowest BCUT2D eigenvalue weighted by Crippen LogP contribution is -2.38. The van der Waals surface area contributed by atoms with E-state index < -0.39 is 23.9 Å². The maximum atomic E-state index is 11.5. The zero-order valence-corrected chi connectivity index (χ0v) is 13.8. The lowest BCUT2D eigenvalue weighted by atomic mass is 9.99. The number of ether oxygens (including phenoxy) is 1. The average Bonchev–Trinajstić information content (AvgIpc) is 2.42. The molecule has 0 radical (unpaired) electrons. The third-order valence-corrected chi connectivity index (χ3v) is 3.02. The summed E-state index contributed by atoms with van der Waals surface area (Å²) in [5.41, 5.74) is 5.94. The quantitative estimate of drug-likeness (QED) is 0.479. The minimum absolute atomic E-state index is 0.199. The zero-order chi connectivity index (χ0) is 17.8. The highest BCUT2D eigenvalue weighted by molar-refractivity contribution is 5.99. The molecule has 2 unspecified atom stereocenters. The lowest BCUT2D eigenvalue weighted by molar-refractivity contribution is 0.0129. The van der Waals surface area contributed by atoms with E-state index in [2.05, 4.69) is 5.32 Å². The molecule has 0 bridgehead atoms. The summed E-state index contributed by atoms with van der Waals surface area (Å²) in [5.74, 6) is -0.238. The molecule has 0 saturated carbocycles. The van der Waals surface area contributed by atoms with E-state index in [4.69, 9.17) is 10.5 Å². The molecule has 0 heterocycles. The summed E-state index contributed by atoms with van der Waals surface area (Å²) in [7, 11) is 0. The van der Waals surface area contributed by atoms with Crippen LogP contribution in [0.1, 0.15) is 49.7 Å². The number of nitrogen functional groups attached to an aromatic ring is 1. The van der Waals surface area contributed by atoms with Crippen LogP contribution in [-0.4, -0.2) is 40.3 Å². The van der Waals surface area contributed by atoms with E-state index in [0.717, 1.165) is 0 Å². The predicted molar refractivity (Wildman–Crippen MR) is 86.1 cm³/mol. The van der Waals surface area contributed by atoms with Crippen molar-refractivity contribution in [3.05, 3.63) is 29.3 Å². The highest BCUT2D eigenvalue weighted by Gasteiger charge is 2.22. The molecule has 2 atom stereocenters. The molecule has 5 N–H and O–H groups in total. The van der Waals surface area contributed by atoms with E-state index in [1.54, 1.807) is 20.8 Å². The van der Waals surface area contributed by atoms with Crippen LogP contribution in [0.4, 0.5) is 10.5 Å². The first kappa shape index (κ1) is 18.9. The van der Waals surface area contributed by atoms with Crippen molar-refractivity contribution >= 4 is 17.6 Å². The molecule has 0 fully saturated rings. The van der Waals surface area contributed by atoms with Gasteiger partial charge in [0.1, 0.15) is 17.8 Å². The topological polar surface area (TPSA) is 122 Å². The molecule has 23 heavy (non-hydrogen) atoms. The lowest BCUT2D eigenvalue weighted by Gasteiger charge is -2.22. The highest BCUT2D eigenvalue weighted by atomic mass is 16.6. The number of nitrogens with one attached hydrogen (secondary N) is 1. The molecule has 0 aliphatic carbocycles. The summed E-state index contributed by atoms with van der Waals surface area (Å²) in [6.45, 7) is 6.32. The van der Waals surface area contributed by atoms with Crippen molar-refractivity contribution in [2.24, 2.45) is 0 Å². The molecular formula is C16H24N2O5. The summed E-state index contributed by atoms with van der Waals surface area (Å²) in [5, 5.41) is 22.5. The second-order valence-electron chi connectivity index (χ2n) is 6.30. The number of hydrogen-bond acceptors (Lipinski definition) is 6. The Bertz CT molecular complexity index is 580. The number of benzene rings is 1. The van der Waals surface area contributed by atoms with Crippen molar-refractivity contribution in [3.8, 4) is 0 Å². The molecular weight excluding hydrogens is 300 g/mol. The molecule has 1 amide bonds. The van der Waals surface area contributed by atoms with Crippen LogP contribution in [0.5, 0.6) is 0 Å². The molecule has 128 valence electrons. The van der Waals surface area contributed by atoms with Crippen LogP contribution in [0.25, 0.3) is 0 Å². The van der Waals surface area contributed by atoms with E-state index >= 15 is 0 Å². The van der Waals surface area contributed by atoms with E-state index in [9.17, 15) is 19.8 Å². The number of nitrogens with two attached hydrogens (primary N) is 1. The van der Waals surface area contributed by atoms with Gasteiger partial charge in [0.25, 0.3) is 0 Å². The Morgan fingerprint density at radius 1 is 1.30 bits per heavy atom. The number of rotatable bonds is 5. The van der Waals surface area contributed by atoms with Gasteiger partial charge in [0.2, 0.25) is 0 Å². The van der Waals surface area contributed by atoms with Gasteiger partial charge >= 0.3 is 6.09 Å². The average molecular weight is 324 g/mol. The van der Waals surface area contributed by atoms with Crippen molar-refractivity contribution in [2.75, 3.05) is 12.3 Å². The van der Waals surface area contributed by atoms with Crippen LogP contribution < -0.4 is 11.1 Å². The van der Waals surface area contributed by atoms with E-state index in [-0.39, 0.29) is 17.9 Å². The second kappa shape index (κ2) is 7.43. The summed E-state index contributed by atoms with van der Waals surface area (Å²) >= 11 is 0. The van der Waals surface area contributed by atoms with Gasteiger partial charge in [0.15, 0.2) is 5.78 Å². The summed E-state index contributed by atoms with van der Waals surface area (Å²) in [6, 6.07) is 4.44. The van der Waals surface area contributed by atoms with Gasteiger partial charge in [-0.25, -0.2) is 4.79 Å². The number of aliphatic hydroxyl groups excluding tert-OH is 2. The van der Waals surface area contributed by atoms with E-state index in [0.29, 0.717) is 11.3 Å². The van der Waals surface area contributed by atoms with Gasteiger partial charge in [-0.15, -0.1) is 0 Å². The van der Waals surface area contributed by atoms with Gasteiger partial charge in [-0.05, 0) is 45.4 Å². The predicted octanol–water partition coefficient (Wildman–Crippen LogP) is 1.39. The van der Waals surface area contributed by atoms with Crippen LogP contribution in [0.15, 0.2) is 18.2 Å². The normalized spacial score (nSPS) is 14.0. The van der Waals surface area contributed by atoms with Crippen LogP contribution in [0.2, 0.25) is 0 Å². The highest BCUT2D eigenvalue weighted by Crippen LogP contribution is 2.22. The fourth-order valence-electron chi connectivity index (χ4n) is 1.90.